The van der Waals surface area contributed by atoms with Crippen LogP contribution in [0.5, 0.6) is 0 Å². The summed E-state index contributed by atoms with van der Waals surface area (Å²) in [5.74, 6) is 0.913. The second-order valence-corrected chi connectivity index (χ2v) is 4.80. The molecule has 0 radical (unpaired) electrons. The van der Waals surface area contributed by atoms with Crippen LogP contribution < -0.4 is 5.32 Å². The van der Waals surface area contributed by atoms with Crippen molar-refractivity contribution < 1.29 is 0 Å². The van der Waals surface area contributed by atoms with E-state index in [1.807, 2.05) is 0 Å². The van der Waals surface area contributed by atoms with Gasteiger partial charge >= 0.3 is 0 Å². The maximum Gasteiger partial charge on any atom is 0.128 e. The number of unbranched alkanes of at least 4 members (excludes halogenated alkanes) is 4. The normalized spacial score (nSPS) is 10.4. The lowest BCUT2D eigenvalue weighted by Crippen LogP contribution is -1.98. The first-order valence-electron chi connectivity index (χ1n) is 7.21. The Hall–Kier alpha value is -2.04. The fraction of sp³-hybridized carbons (Fsp3) is 0.467. The third-order valence-corrected chi connectivity index (χ3v) is 3.06. The molecule has 0 aliphatic rings. The molecule has 0 unspecified atom stereocenters. The van der Waals surface area contributed by atoms with Crippen LogP contribution in [0.3, 0.4) is 0 Å². The molecule has 0 spiro atoms. The van der Waals surface area contributed by atoms with Crippen LogP contribution in [-0.2, 0) is 6.42 Å². The van der Waals surface area contributed by atoms with Gasteiger partial charge in [0.15, 0.2) is 0 Å². The molecule has 0 fully saturated rings. The summed E-state index contributed by atoms with van der Waals surface area (Å²) in [6.45, 7) is 2.23. The molecule has 0 aliphatic heterocycles. The minimum absolute atomic E-state index is 0.836. The summed E-state index contributed by atoms with van der Waals surface area (Å²) in [7, 11) is 0. The van der Waals surface area contributed by atoms with E-state index >= 15 is 0 Å². The molecule has 2 aromatic rings. The van der Waals surface area contributed by atoms with Crippen LogP contribution in [0, 0.1) is 0 Å². The number of hydrogen-bond acceptors (Lipinski definition) is 5. The molecule has 2 heterocycles. The lowest BCUT2D eigenvalue weighted by molar-refractivity contribution is 0.622. The van der Waals surface area contributed by atoms with Gasteiger partial charge in [0, 0.05) is 6.42 Å². The number of aromatic nitrogens is 4. The van der Waals surface area contributed by atoms with Gasteiger partial charge < -0.3 is 5.32 Å². The van der Waals surface area contributed by atoms with Crippen LogP contribution in [0.2, 0.25) is 0 Å². The lowest BCUT2D eigenvalue weighted by Gasteiger charge is -2.05. The number of hydrogen-bond donors (Lipinski definition) is 1. The molecular formula is C15H21N5. The number of anilines is 2. The van der Waals surface area contributed by atoms with E-state index < -0.39 is 0 Å². The van der Waals surface area contributed by atoms with Gasteiger partial charge in [-0.05, 0) is 6.42 Å². The summed E-state index contributed by atoms with van der Waals surface area (Å²) in [5, 5.41) is 3.17. The van der Waals surface area contributed by atoms with Gasteiger partial charge in [0.25, 0.3) is 0 Å². The van der Waals surface area contributed by atoms with E-state index in [-0.39, 0.29) is 0 Å². The molecule has 2 aromatic heterocycles. The van der Waals surface area contributed by atoms with Crippen LogP contribution in [0.1, 0.15) is 44.9 Å². The van der Waals surface area contributed by atoms with E-state index in [0.717, 1.165) is 23.6 Å². The van der Waals surface area contributed by atoms with E-state index in [1.54, 1.807) is 24.8 Å². The van der Waals surface area contributed by atoms with E-state index in [2.05, 4.69) is 32.2 Å². The Morgan fingerprint density at radius 3 is 2.20 bits per heavy atom. The van der Waals surface area contributed by atoms with Gasteiger partial charge in [-0.25, -0.2) is 19.9 Å². The van der Waals surface area contributed by atoms with Gasteiger partial charge in [0.1, 0.15) is 12.2 Å². The number of nitrogens with zero attached hydrogens (tertiary/aromatic N) is 4. The quantitative estimate of drug-likeness (QED) is 0.744. The van der Waals surface area contributed by atoms with Crippen molar-refractivity contribution in [2.45, 2.75) is 45.4 Å². The third-order valence-electron chi connectivity index (χ3n) is 3.06. The average molecular weight is 271 g/mol. The SMILES string of the molecule is CCCCCCCc1ncc(Nc2cncnc2)cn1. The van der Waals surface area contributed by atoms with Crippen molar-refractivity contribution in [3.8, 4) is 0 Å². The Morgan fingerprint density at radius 2 is 1.50 bits per heavy atom. The van der Waals surface area contributed by atoms with Crippen molar-refractivity contribution in [1.29, 1.82) is 0 Å². The highest BCUT2D eigenvalue weighted by Crippen LogP contribution is 2.12. The highest BCUT2D eigenvalue weighted by Gasteiger charge is 1.99. The molecule has 5 heteroatoms. The van der Waals surface area contributed by atoms with Crippen molar-refractivity contribution in [3.63, 3.8) is 0 Å². The Labute approximate surface area is 119 Å². The van der Waals surface area contributed by atoms with Crippen LogP contribution in [0.4, 0.5) is 11.4 Å². The maximum atomic E-state index is 4.38. The summed E-state index contributed by atoms with van der Waals surface area (Å²) in [6, 6.07) is 0. The van der Waals surface area contributed by atoms with Gasteiger partial charge in [-0.15, -0.1) is 0 Å². The molecule has 106 valence electrons. The Balaban J connectivity index is 1.78. The van der Waals surface area contributed by atoms with Gasteiger partial charge in [0.05, 0.1) is 36.2 Å². The van der Waals surface area contributed by atoms with Crippen molar-refractivity contribution in [2.75, 3.05) is 5.32 Å². The Kier molecular flexibility index (Phi) is 5.89. The molecule has 0 aliphatic carbocycles. The van der Waals surface area contributed by atoms with Gasteiger partial charge in [0.2, 0.25) is 0 Å². The van der Waals surface area contributed by atoms with E-state index in [4.69, 9.17) is 0 Å². The van der Waals surface area contributed by atoms with Crippen molar-refractivity contribution >= 4 is 11.4 Å². The summed E-state index contributed by atoms with van der Waals surface area (Å²) < 4.78 is 0. The molecular weight excluding hydrogens is 250 g/mol. The first-order chi connectivity index (χ1) is 9.88. The van der Waals surface area contributed by atoms with Crippen molar-refractivity contribution in [3.05, 3.63) is 36.9 Å². The summed E-state index contributed by atoms with van der Waals surface area (Å²) >= 11 is 0. The molecule has 5 nitrogen and oxygen atoms in total. The predicted molar refractivity (Wildman–Crippen MR) is 79.8 cm³/mol. The Bertz CT molecular complexity index is 483. The number of nitrogens with one attached hydrogen (secondary N) is 1. The average Bonchev–Trinajstić information content (AvgIpc) is 2.50. The minimum atomic E-state index is 0.836. The molecule has 0 saturated heterocycles. The predicted octanol–water partition coefficient (Wildman–Crippen LogP) is 3.52. The zero-order valence-corrected chi connectivity index (χ0v) is 11.9. The van der Waals surface area contributed by atoms with Crippen molar-refractivity contribution in [2.24, 2.45) is 0 Å². The number of aryl methyl sites for hydroxylation is 1. The fourth-order valence-electron chi connectivity index (χ4n) is 1.97. The van der Waals surface area contributed by atoms with Crippen LogP contribution in [0.15, 0.2) is 31.1 Å². The first kappa shape index (κ1) is 14.4. The van der Waals surface area contributed by atoms with E-state index in [0.29, 0.717) is 0 Å². The lowest BCUT2D eigenvalue weighted by atomic mass is 10.1. The zero-order valence-electron chi connectivity index (χ0n) is 11.9. The second-order valence-electron chi connectivity index (χ2n) is 4.80. The van der Waals surface area contributed by atoms with Crippen molar-refractivity contribution in [1.82, 2.24) is 19.9 Å². The molecule has 1 N–H and O–H groups in total. The maximum absolute atomic E-state index is 4.38. The fourth-order valence-corrected chi connectivity index (χ4v) is 1.97. The smallest absolute Gasteiger partial charge is 0.128 e. The van der Waals surface area contributed by atoms with E-state index in [1.165, 1.54) is 38.4 Å². The zero-order chi connectivity index (χ0) is 14.0. The van der Waals surface area contributed by atoms with Crippen LogP contribution in [-0.4, -0.2) is 19.9 Å². The standard InChI is InChI=1S/C15H21N5/c1-2-3-4-5-6-7-15-18-10-14(11-19-15)20-13-8-16-12-17-9-13/h8-12,20H,2-7H2,1H3. The molecule has 0 bridgehead atoms. The highest BCUT2D eigenvalue weighted by molar-refractivity contribution is 5.55. The molecule has 0 atom stereocenters. The highest BCUT2D eigenvalue weighted by atomic mass is 15.0. The third kappa shape index (κ3) is 4.91. The monoisotopic (exact) mass is 271 g/mol. The minimum Gasteiger partial charge on any atom is -0.350 e. The molecule has 0 aromatic carbocycles. The Morgan fingerprint density at radius 1 is 0.850 bits per heavy atom. The molecule has 0 saturated carbocycles. The second kappa shape index (κ2) is 8.19. The molecule has 20 heavy (non-hydrogen) atoms. The van der Waals surface area contributed by atoms with Crippen LogP contribution in [0.25, 0.3) is 0 Å². The summed E-state index contributed by atoms with van der Waals surface area (Å²) in [4.78, 5) is 16.7. The van der Waals surface area contributed by atoms with Gasteiger partial charge in [-0.3, -0.25) is 0 Å². The van der Waals surface area contributed by atoms with Crippen LogP contribution >= 0.6 is 0 Å². The molecule has 2 rings (SSSR count). The topological polar surface area (TPSA) is 63.6 Å². The largest absolute Gasteiger partial charge is 0.350 e. The molecule has 0 amide bonds. The van der Waals surface area contributed by atoms with E-state index in [9.17, 15) is 0 Å². The van der Waals surface area contributed by atoms with Gasteiger partial charge in [-0.1, -0.05) is 32.6 Å². The summed E-state index contributed by atoms with van der Waals surface area (Å²) in [6.07, 6.45) is 15.8. The first-order valence-corrected chi connectivity index (χ1v) is 7.21. The summed E-state index contributed by atoms with van der Waals surface area (Å²) in [5.41, 5.74) is 1.69. The number of rotatable bonds is 8. The van der Waals surface area contributed by atoms with Gasteiger partial charge in [-0.2, -0.15) is 0 Å².